The van der Waals surface area contributed by atoms with Crippen molar-refractivity contribution in [3.05, 3.63) is 0 Å². The quantitative estimate of drug-likeness (QED) is 0.226. The highest BCUT2D eigenvalue weighted by atomic mass is 32.2. The molecule has 0 aromatic rings. The number of nitrogens with zero attached hydrogens (tertiary/aromatic N) is 1. The summed E-state index contributed by atoms with van der Waals surface area (Å²) >= 11 is 0. The van der Waals surface area contributed by atoms with Gasteiger partial charge in [-0.2, -0.15) is 8.42 Å². The Hall–Kier alpha value is -0.130. The smallest absolute Gasteiger partial charge is 0.267 e. The zero-order valence-electron chi connectivity index (χ0n) is 17.4. The summed E-state index contributed by atoms with van der Waals surface area (Å²) in [6, 6.07) is 0. The van der Waals surface area contributed by atoms with Crippen molar-refractivity contribution in [3.8, 4) is 0 Å². The van der Waals surface area contributed by atoms with Gasteiger partial charge in [-0.25, -0.2) is 0 Å². The summed E-state index contributed by atoms with van der Waals surface area (Å²) < 4.78 is 34.1. The molecule has 0 aromatic carbocycles. The maximum atomic E-state index is 11.7. The zero-order valence-corrected chi connectivity index (χ0v) is 18.2. The van der Waals surface area contributed by atoms with E-state index in [-0.39, 0.29) is 0 Å². The molecular weight excluding hydrogens is 346 g/mol. The van der Waals surface area contributed by atoms with Crippen molar-refractivity contribution in [3.63, 3.8) is 0 Å². The van der Waals surface area contributed by atoms with Gasteiger partial charge in [0.2, 0.25) is 0 Å². The minimum absolute atomic E-state index is 0.562. The minimum Gasteiger partial charge on any atom is -0.326 e. The molecule has 0 bridgehead atoms. The van der Waals surface area contributed by atoms with Gasteiger partial charge in [0.25, 0.3) is 10.1 Å². The monoisotopic (exact) mass is 390 g/mol. The zero-order chi connectivity index (χ0) is 19.3. The standard InChI is InChI=1S/C21H43NO3S/c1-3-4-5-6-7-8-9-10-11-13-16-21(26(23,24)25)17-20-22(2)18-14-12-15-19-22/h21H,3-20H2,1-2H3/p+1. The molecule has 156 valence electrons. The number of quaternary nitrogens is 1. The highest BCUT2D eigenvalue weighted by Crippen LogP contribution is 2.21. The first-order valence-corrected chi connectivity index (χ1v) is 12.7. The molecule has 0 amide bonds. The molecule has 4 nitrogen and oxygen atoms in total. The van der Waals surface area contributed by atoms with E-state index in [0.717, 1.165) is 37.0 Å². The van der Waals surface area contributed by atoms with Gasteiger partial charge in [-0.3, -0.25) is 4.55 Å². The maximum absolute atomic E-state index is 11.7. The Balaban J connectivity index is 2.17. The van der Waals surface area contributed by atoms with Crippen LogP contribution in [0.4, 0.5) is 0 Å². The second-order valence-electron chi connectivity index (χ2n) is 8.75. The minimum atomic E-state index is -3.91. The first-order chi connectivity index (χ1) is 12.4. The van der Waals surface area contributed by atoms with E-state index < -0.39 is 15.4 Å². The summed E-state index contributed by atoms with van der Waals surface area (Å²) in [5.74, 6) is 0. The molecule has 1 atom stereocenters. The van der Waals surface area contributed by atoms with Crippen molar-refractivity contribution in [2.45, 2.75) is 108 Å². The van der Waals surface area contributed by atoms with E-state index >= 15 is 0 Å². The van der Waals surface area contributed by atoms with Crippen LogP contribution in [-0.4, -0.2) is 49.4 Å². The lowest BCUT2D eigenvalue weighted by atomic mass is 10.0. The molecule has 1 aliphatic rings. The Morgan fingerprint density at radius 1 is 0.808 bits per heavy atom. The summed E-state index contributed by atoms with van der Waals surface area (Å²) in [6.45, 7) is 5.42. The SMILES string of the molecule is CCCCCCCCCCCCC(CC[N+]1(C)CCCCC1)S(=O)(=O)O. The van der Waals surface area contributed by atoms with Crippen LogP contribution < -0.4 is 0 Å². The Kier molecular flexibility index (Phi) is 12.1. The Morgan fingerprint density at radius 3 is 1.81 bits per heavy atom. The summed E-state index contributed by atoms with van der Waals surface area (Å²) in [7, 11) is -1.68. The molecule has 0 radical (unpaired) electrons. The fourth-order valence-corrected chi connectivity index (χ4v) is 5.12. The van der Waals surface area contributed by atoms with Crippen molar-refractivity contribution >= 4 is 10.1 Å². The van der Waals surface area contributed by atoms with E-state index in [9.17, 15) is 13.0 Å². The molecular formula is C21H44NO3S+. The van der Waals surface area contributed by atoms with Crippen LogP contribution in [0.1, 0.15) is 103 Å². The third kappa shape index (κ3) is 10.9. The van der Waals surface area contributed by atoms with Gasteiger partial charge in [-0.15, -0.1) is 0 Å². The average molecular weight is 391 g/mol. The summed E-state index contributed by atoms with van der Waals surface area (Å²) in [5.41, 5.74) is 0. The van der Waals surface area contributed by atoms with Crippen LogP contribution in [-0.2, 0) is 10.1 Å². The maximum Gasteiger partial charge on any atom is 0.267 e. The molecule has 1 heterocycles. The molecule has 1 saturated heterocycles. The molecule has 1 unspecified atom stereocenters. The molecule has 1 aliphatic heterocycles. The lowest BCUT2D eigenvalue weighted by Gasteiger charge is -2.38. The molecule has 26 heavy (non-hydrogen) atoms. The Morgan fingerprint density at radius 2 is 1.31 bits per heavy atom. The second-order valence-corrected chi connectivity index (χ2v) is 10.4. The van der Waals surface area contributed by atoms with E-state index in [0.29, 0.717) is 12.8 Å². The van der Waals surface area contributed by atoms with Crippen LogP contribution in [0.5, 0.6) is 0 Å². The van der Waals surface area contributed by atoms with Gasteiger partial charge in [-0.1, -0.05) is 71.1 Å². The molecule has 5 heteroatoms. The van der Waals surface area contributed by atoms with Crippen LogP contribution in [0.25, 0.3) is 0 Å². The van der Waals surface area contributed by atoms with Crippen LogP contribution in [0, 0.1) is 0 Å². The second kappa shape index (κ2) is 13.1. The molecule has 0 aliphatic carbocycles. The summed E-state index contributed by atoms with van der Waals surface area (Å²) in [5, 5.41) is -0.562. The molecule has 0 spiro atoms. The van der Waals surface area contributed by atoms with Gasteiger partial charge >= 0.3 is 0 Å². The number of piperidine rings is 1. The van der Waals surface area contributed by atoms with Crippen molar-refractivity contribution in [2.24, 2.45) is 0 Å². The van der Waals surface area contributed by atoms with E-state index in [1.807, 2.05) is 0 Å². The molecule has 1 N–H and O–H groups in total. The fraction of sp³-hybridized carbons (Fsp3) is 1.00. The molecule has 1 fully saturated rings. The third-order valence-corrected chi connectivity index (χ3v) is 7.50. The van der Waals surface area contributed by atoms with Gasteiger partial charge in [0.1, 0.15) is 0 Å². The fourth-order valence-electron chi connectivity index (χ4n) is 4.26. The summed E-state index contributed by atoms with van der Waals surface area (Å²) in [6.07, 6.45) is 17.5. The Bertz CT molecular complexity index is 444. The van der Waals surface area contributed by atoms with Crippen molar-refractivity contribution in [1.29, 1.82) is 0 Å². The lowest BCUT2D eigenvalue weighted by molar-refractivity contribution is -0.914. The van der Waals surface area contributed by atoms with E-state index in [1.165, 1.54) is 70.6 Å². The predicted molar refractivity (Wildman–Crippen MR) is 111 cm³/mol. The van der Waals surface area contributed by atoms with Gasteiger partial charge in [-0.05, 0) is 25.7 Å². The first-order valence-electron chi connectivity index (χ1n) is 11.2. The predicted octanol–water partition coefficient (Wildman–Crippen LogP) is 5.57. The van der Waals surface area contributed by atoms with Crippen LogP contribution in [0.15, 0.2) is 0 Å². The molecule has 1 rings (SSSR count). The third-order valence-electron chi connectivity index (χ3n) is 6.19. The van der Waals surface area contributed by atoms with Crippen molar-refractivity contribution < 1.29 is 17.5 Å². The number of hydrogen-bond acceptors (Lipinski definition) is 2. The lowest BCUT2D eigenvalue weighted by Crippen LogP contribution is -2.49. The van der Waals surface area contributed by atoms with Gasteiger partial charge in [0.05, 0.1) is 31.9 Å². The average Bonchev–Trinajstić information content (AvgIpc) is 2.58. The highest BCUT2D eigenvalue weighted by Gasteiger charge is 2.29. The molecule has 0 saturated carbocycles. The normalized spacial score (nSPS) is 18.7. The number of unbranched alkanes of at least 4 members (excludes halogenated alkanes) is 9. The Labute approximate surface area is 163 Å². The largest absolute Gasteiger partial charge is 0.326 e. The topological polar surface area (TPSA) is 54.4 Å². The van der Waals surface area contributed by atoms with Gasteiger partial charge < -0.3 is 4.48 Å². The van der Waals surface area contributed by atoms with Crippen LogP contribution in [0.3, 0.4) is 0 Å². The van der Waals surface area contributed by atoms with E-state index in [4.69, 9.17) is 0 Å². The van der Waals surface area contributed by atoms with Crippen LogP contribution >= 0.6 is 0 Å². The van der Waals surface area contributed by atoms with Gasteiger partial charge in [0, 0.05) is 6.42 Å². The number of likely N-dealkylation sites (tertiary alicyclic amines) is 1. The van der Waals surface area contributed by atoms with E-state index in [2.05, 4.69) is 14.0 Å². The number of rotatable bonds is 15. The molecule has 0 aromatic heterocycles. The van der Waals surface area contributed by atoms with Crippen molar-refractivity contribution in [2.75, 3.05) is 26.7 Å². The summed E-state index contributed by atoms with van der Waals surface area (Å²) in [4.78, 5) is 0. The number of hydrogen-bond donors (Lipinski definition) is 1. The van der Waals surface area contributed by atoms with Crippen LogP contribution in [0.2, 0.25) is 0 Å². The first kappa shape index (κ1) is 23.9. The van der Waals surface area contributed by atoms with Gasteiger partial charge in [0.15, 0.2) is 0 Å². The highest BCUT2D eigenvalue weighted by molar-refractivity contribution is 7.86. The van der Waals surface area contributed by atoms with E-state index in [1.54, 1.807) is 0 Å². The van der Waals surface area contributed by atoms with Crippen molar-refractivity contribution in [1.82, 2.24) is 0 Å².